The number of imidazole rings is 1. The standard InChI is InChI=1S/C25H30BrN3O3/c1-24(2,3)32-23(30)29-11-9-25(10-12-29,19-7-5-4-6-8-19)16-31-15-18-13-20(26)14-21-22(18)28-17-27-21/h4-8,13-14,17H,9-12,15-16H2,1-3H3,(H,27,28). The molecule has 0 spiro atoms. The first-order chi connectivity index (χ1) is 15.3. The number of rotatable bonds is 5. The number of carbonyl (C=O) groups is 1. The summed E-state index contributed by atoms with van der Waals surface area (Å²) in [7, 11) is 0. The molecule has 1 saturated heterocycles. The highest BCUT2D eigenvalue weighted by Crippen LogP contribution is 2.37. The lowest BCUT2D eigenvalue weighted by Crippen LogP contribution is -2.48. The second kappa shape index (κ2) is 9.24. The van der Waals surface area contributed by atoms with Crippen LogP contribution in [0.1, 0.15) is 44.7 Å². The number of H-pyrrole nitrogens is 1. The van der Waals surface area contributed by atoms with Gasteiger partial charge in [0.1, 0.15) is 5.60 Å². The molecule has 2 heterocycles. The van der Waals surface area contributed by atoms with Crippen molar-refractivity contribution < 1.29 is 14.3 Å². The van der Waals surface area contributed by atoms with Gasteiger partial charge in [-0.1, -0.05) is 46.3 Å². The van der Waals surface area contributed by atoms with Gasteiger partial charge in [0.25, 0.3) is 0 Å². The first-order valence-electron chi connectivity index (χ1n) is 11.0. The number of ether oxygens (including phenoxy) is 2. The van der Waals surface area contributed by atoms with Crippen LogP contribution in [-0.2, 0) is 21.5 Å². The van der Waals surface area contributed by atoms with E-state index >= 15 is 0 Å². The third-order valence-corrected chi connectivity index (χ3v) is 6.42. The number of nitrogens with one attached hydrogen (secondary N) is 1. The fraction of sp³-hybridized carbons (Fsp3) is 0.440. The van der Waals surface area contributed by atoms with Crippen molar-refractivity contribution in [3.63, 3.8) is 0 Å². The summed E-state index contributed by atoms with van der Waals surface area (Å²) in [6.45, 7) is 8.05. The van der Waals surface area contributed by atoms with Crippen molar-refractivity contribution in [3.8, 4) is 0 Å². The highest BCUT2D eigenvalue weighted by atomic mass is 79.9. The molecule has 0 radical (unpaired) electrons. The molecule has 0 unspecified atom stereocenters. The summed E-state index contributed by atoms with van der Waals surface area (Å²) in [5, 5.41) is 0. The summed E-state index contributed by atoms with van der Waals surface area (Å²) in [4.78, 5) is 22.0. The van der Waals surface area contributed by atoms with Crippen LogP contribution in [0.5, 0.6) is 0 Å². The molecule has 6 nitrogen and oxygen atoms in total. The van der Waals surface area contributed by atoms with E-state index in [4.69, 9.17) is 9.47 Å². The lowest BCUT2D eigenvalue weighted by atomic mass is 9.73. The average molecular weight is 500 g/mol. The quantitative estimate of drug-likeness (QED) is 0.480. The monoisotopic (exact) mass is 499 g/mol. The summed E-state index contributed by atoms with van der Waals surface area (Å²) in [5.41, 5.74) is 3.59. The first kappa shape index (κ1) is 22.8. The van der Waals surface area contributed by atoms with E-state index in [0.717, 1.165) is 33.9 Å². The number of aromatic amines is 1. The Hall–Kier alpha value is -2.38. The summed E-state index contributed by atoms with van der Waals surface area (Å²) in [6.07, 6.45) is 3.12. The van der Waals surface area contributed by atoms with Gasteiger partial charge < -0.3 is 19.4 Å². The SMILES string of the molecule is CC(C)(C)OC(=O)N1CCC(COCc2cc(Br)cc3[nH]cnc23)(c2ccccc2)CC1. The van der Waals surface area contributed by atoms with Gasteiger partial charge in [0, 0.05) is 28.5 Å². The fourth-order valence-corrected chi connectivity index (χ4v) is 4.81. The maximum atomic E-state index is 12.5. The van der Waals surface area contributed by atoms with E-state index in [-0.39, 0.29) is 11.5 Å². The maximum Gasteiger partial charge on any atom is 0.410 e. The van der Waals surface area contributed by atoms with E-state index in [1.54, 1.807) is 6.33 Å². The second-order valence-corrected chi connectivity index (χ2v) is 10.4. The van der Waals surface area contributed by atoms with Gasteiger partial charge in [-0.2, -0.15) is 0 Å². The fourth-order valence-electron chi connectivity index (χ4n) is 4.30. The average Bonchev–Trinajstić information content (AvgIpc) is 3.22. The van der Waals surface area contributed by atoms with Crippen molar-refractivity contribution in [1.82, 2.24) is 14.9 Å². The normalized spacial score (nSPS) is 16.3. The number of piperidine rings is 1. The molecule has 0 saturated carbocycles. The third-order valence-electron chi connectivity index (χ3n) is 5.96. The molecule has 0 bridgehead atoms. The van der Waals surface area contributed by atoms with Crippen LogP contribution < -0.4 is 0 Å². The van der Waals surface area contributed by atoms with E-state index in [1.165, 1.54) is 5.56 Å². The maximum absolute atomic E-state index is 12.5. The van der Waals surface area contributed by atoms with Gasteiger partial charge in [-0.05, 0) is 51.3 Å². The molecule has 0 atom stereocenters. The Morgan fingerprint density at radius 1 is 1.19 bits per heavy atom. The Labute approximate surface area is 197 Å². The second-order valence-electron chi connectivity index (χ2n) is 9.47. The van der Waals surface area contributed by atoms with Crippen LogP contribution in [0.25, 0.3) is 11.0 Å². The van der Waals surface area contributed by atoms with E-state index in [0.29, 0.717) is 26.3 Å². The van der Waals surface area contributed by atoms with Gasteiger partial charge >= 0.3 is 6.09 Å². The third kappa shape index (κ3) is 5.15. The number of likely N-dealkylation sites (tertiary alicyclic amines) is 1. The molecule has 3 aromatic rings. The number of benzene rings is 2. The lowest BCUT2D eigenvalue weighted by molar-refractivity contribution is 0.00342. The molecule has 1 N–H and O–H groups in total. The zero-order valence-electron chi connectivity index (χ0n) is 18.9. The van der Waals surface area contributed by atoms with Crippen molar-refractivity contribution in [2.45, 2.75) is 51.2 Å². The summed E-state index contributed by atoms with van der Waals surface area (Å²) in [6, 6.07) is 14.6. The minimum Gasteiger partial charge on any atom is -0.444 e. The number of carbonyl (C=O) groups excluding carboxylic acids is 1. The molecule has 1 aliphatic rings. The summed E-state index contributed by atoms with van der Waals surface area (Å²) < 4.78 is 12.9. The van der Waals surface area contributed by atoms with Gasteiger partial charge in [-0.3, -0.25) is 0 Å². The molecular weight excluding hydrogens is 470 g/mol. The molecule has 1 aliphatic heterocycles. The summed E-state index contributed by atoms with van der Waals surface area (Å²) in [5.74, 6) is 0. The number of amides is 1. The Morgan fingerprint density at radius 3 is 2.59 bits per heavy atom. The van der Waals surface area contributed by atoms with Gasteiger partial charge in [-0.15, -0.1) is 0 Å². The first-order valence-corrected chi connectivity index (χ1v) is 11.8. The lowest BCUT2D eigenvalue weighted by Gasteiger charge is -2.42. The van der Waals surface area contributed by atoms with E-state index in [2.05, 4.69) is 56.2 Å². The predicted octanol–water partition coefficient (Wildman–Crippen LogP) is 5.81. The van der Waals surface area contributed by atoms with Crippen LogP contribution >= 0.6 is 15.9 Å². The number of hydrogen-bond donors (Lipinski definition) is 1. The Balaban J connectivity index is 1.47. The molecule has 1 amide bonds. The minimum atomic E-state index is -0.490. The number of aromatic nitrogens is 2. The minimum absolute atomic E-state index is 0.142. The van der Waals surface area contributed by atoms with Crippen LogP contribution in [0.4, 0.5) is 4.79 Å². The van der Waals surface area contributed by atoms with Crippen molar-refractivity contribution in [2.75, 3.05) is 19.7 Å². The van der Waals surface area contributed by atoms with Crippen molar-refractivity contribution in [1.29, 1.82) is 0 Å². The van der Waals surface area contributed by atoms with E-state index in [9.17, 15) is 4.79 Å². The molecule has 32 heavy (non-hydrogen) atoms. The van der Waals surface area contributed by atoms with Gasteiger partial charge in [0.05, 0.1) is 30.6 Å². The van der Waals surface area contributed by atoms with E-state index < -0.39 is 5.60 Å². The Kier molecular flexibility index (Phi) is 6.58. The molecule has 2 aromatic carbocycles. The highest BCUT2D eigenvalue weighted by molar-refractivity contribution is 9.10. The largest absolute Gasteiger partial charge is 0.444 e. The molecule has 1 fully saturated rings. The van der Waals surface area contributed by atoms with Crippen LogP contribution in [0, 0.1) is 0 Å². The molecule has 170 valence electrons. The van der Waals surface area contributed by atoms with Crippen LogP contribution in [0.15, 0.2) is 53.3 Å². The highest BCUT2D eigenvalue weighted by Gasteiger charge is 2.38. The van der Waals surface area contributed by atoms with Crippen LogP contribution in [0.2, 0.25) is 0 Å². The molecule has 7 heteroatoms. The number of fused-ring (bicyclic) bond motifs is 1. The molecule has 0 aliphatic carbocycles. The number of halogens is 1. The van der Waals surface area contributed by atoms with Gasteiger partial charge in [-0.25, -0.2) is 9.78 Å². The van der Waals surface area contributed by atoms with Crippen molar-refractivity contribution in [3.05, 3.63) is 64.4 Å². The van der Waals surface area contributed by atoms with Gasteiger partial charge in [0.15, 0.2) is 0 Å². The van der Waals surface area contributed by atoms with Gasteiger partial charge in [0.2, 0.25) is 0 Å². The van der Waals surface area contributed by atoms with Crippen molar-refractivity contribution >= 4 is 33.1 Å². The Bertz CT molecular complexity index is 1070. The molecular formula is C25H30BrN3O3. The predicted molar refractivity (Wildman–Crippen MR) is 129 cm³/mol. The van der Waals surface area contributed by atoms with Crippen molar-refractivity contribution in [2.24, 2.45) is 0 Å². The number of nitrogens with zero attached hydrogens (tertiary/aromatic N) is 2. The smallest absolute Gasteiger partial charge is 0.410 e. The zero-order chi connectivity index (χ0) is 22.8. The molecule has 1 aromatic heterocycles. The Morgan fingerprint density at radius 2 is 1.91 bits per heavy atom. The number of hydrogen-bond acceptors (Lipinski definition) is 4. The molecule has 4 rings (SSSR count). The summed E-state index contributed by atoms with van der Waals surface area (Å²) >= 11 is 3.57. The topological polar surface area (TPSA) is 67.4 Å². The van der Waals surface area contributed by atoms with Crippen LogP contribution in [0.3, 0.4) is 0 Å². The van der Waals surface area contributed by atoms with Crippen LogP contribution in [-0.4, -0.2) is 46.3 Å². The van der Waals surface area contributed by atoms with E-state index in [1.807, 2.05) is 37.8 Å². The zero-order valence-corrected chi connectivity index (χ0v) is 20.4.